The summed E-state index contributed by atoms with van der Waals surface area (Å²) in [4.78, 5) is 23.2. The number of hydrogen-bond donors (Lipinski definition) is 2. The Morgan fingerprint density at radius 3 is 2.54 bits per heavy atom. The number of alkyl carbamates (subject to hydrolysis) is 1. The van der Waals surface area contributed by atoms with Crippen molar-refractivity contribution >= 4 is 12.0 Å². The lowest BCUT2D eigenvalue weighted by molar-refractivity contribution is -0.120. The molecule has 1 aliphatic rings. The molecule has 24 heavy (non-hydrogen) atoms. The Hall–Kier alpha value is -2.44. The van der Waals surface area contributed by atoms with E-state index in [0.717, 1.165) is 17.1 Å². The first-order chi connectivity index (χ1) is 11.3. The van der Waals surface area contributed by atoms with Crippen LogP contribution < -0.4 is 20.1 Å². The lowest BCUT2D eigenvalue weighted by Crippen LogP contribution is -2.40. The Morgan fingerprint density at radius 2 is 1.83 bits per heavy atom. The van der Waals surface area contributed by atoms with Gasteiger partial charge in [-0.2, -0.15) is 0 Å². The van der Waals surface area contributed by atoms with Crippen molar-refractivity contribution in [3.63, 3.8) is 0 Å². The minimum Gasteiger partial charge on any atom is -0.486 e. The maximum absolute atomic E-state index is 11.7. The van der Waals surface area contributed by atoms with Crippen LogP contribution in [0.3, 0.4) is 0 Å². The monoisotopic (exact) mass is 336 g/mol. The number of amides is 2. The highest BCUT2D eigenvalue weighted by Crippen LogP contribution is 2.30. The highest BCUT2D eigenvalue weighted by atomic mass is 16.6. The maximum atomic E-state index is 11.7. The predicted molar refractivity (Wildman–Crippen MR) is 88.4 cm³/mol. The van der Waals surface area contributed by atoms with Gasteiger partial charge in [0.25, 0.3) is 0 Å². The molecule has 1 aromatic carbocycles. The number of ether oxygens (including phenoxy) is 3. The molecule has 2 rings (SSSR count). The van der Waals surface area contributed by atoms with Crippen LogP contribution in [-0.2, 0) is 16.0 Å². The molecule has 0 radical (unpaired) electrons. The second-order valence-electron chi connectivity index (χ2n) is 6.43. The summed E-state index contributed by atoms with van der Waals surface area (Å²) < 4.78 is 16.0. The van der Waals surface area contributed by atoms with E-state index in [1.165, 1.54) is 0 Å². The zero-order valence-electron chi connectivity index (χ0n) is 14.3. The molecule has 0 atom stereocenters. The first-order valence-corrected chi connectivity index (χ1v) is 7.95. The van der Waals surface area contributed by atoms with Crippen LogP contribution in [0.15, 0.2) is 18.2 Å². The molecule has 0 aromatic heterocycles. The minimum absolute atomic E-state index is 0.115. The van der Waals surface area contributed by atoms with E-state index in [4.69, 9.17) is 14.2 Å². The SMILES string of the molecule is CC(C)(C)OC(=O)NCC(=O)NCCc1ccc2c(c1)OCCO2. The van der Waals surface area contributed by atoms with Crippen molar-refractivity contribution in [2.45, 2.75) is 32.8 Å². The third-order valence-corrected chi connectivity index (χ3v) is 3.13. The number of fused-ring (bicyclic) bond motifs is 1. The van der Waals surface area contributed by atoms with E-state index in [9.17, 15) is 9.59 Å². The van der Waals surface area contributed by atoms with E-state index >= 15 is 0 Å². The molecule has 1 aromatic rings. The van der Waals surface area contributed by atoms with Gasteiger partial charge in [0.15, 0.2) is 11.5 Å². The Morgan fingerprint density at radius 1 is 1.12 bits per heavy atom. The molecule has 1 aliphatic heterocycles. The lowest BCUT2D eigenvalue weighted by Gasteiger charge is -2.19. The normalized spacial score (nSPS) is 13.1. The van der Waals surface area contributed by atoms with Crippen molar-refractivity contribution in [1.29, 1.82) is 0 Å². The fraction of sp³-hybridized carbons (Fsp3) is 0.529. The fourth-order valence-corrected chi connectivity index (χ4v) is 2.12. The zero-order valence-corrected chi connectivity index (χ0v) is 14.3. The zero-order chi connectivity index (χ0) is 17.6. The standard InChI is InChI=1S/C17H24N2O5/c1-17(2,3)24-16(21)19-11-15(20)18-7-6-12-4-5-13-14(10-12)23-9-8-22-13/h4-5,10H,6-9,11H2,1-3H3,(H,18,20)(H,19,21). The summed E-state index contributed by atoms with van der Waals surface area (Å²) >= 11 is 0. The van der Waals surface area contributed by atoms with Gasteiger partial charge in [-0.3, -0.25) is 4.79 Å². The van der Waals surface area contributed by atoms with E-state index in [0.29, 0.717) is 26.2 Å². The first kappa shape index (κ1) is 17.9. The lowest BCUT2D eigenvalue weighted by atomic mass is 10.1. The van der Waals surface area contributed by atoms with Crippen LogP contribution in [0.25, 0.3) is 0 Å². The average molecular weight is 336 g/mol. The van der Waals surface area contributed by atoms with Crippen LogP contribution in [0.1, 0.15) is 26.3 Å². The van der Waals surface area contributed by atoms with Gasteiger partial charge in [0.1, 0.15) is 18.8 Å². The van der Waals surface area contributed by atoms with E-state index < -0.39 is 11.7 Å². The third kappa shape index (κ3) is 5.98. The van der Waals surface area contributed by atoms with Crippen molar-refractivity contribution in [1.82, 2.24) is 10.6 Å². The number of nitrogens with one attached hydrogen (secondary N) is 2. The topological polar surface area (TPSA) is 85.9 Å². The van der Waals surface area contributed by atoms with Crippen molar-refractivity contribution < 1.29 is 23.8 Å². The molecule has 0 aliphatic carbocycles. The molecule has 0 unspecified atom stereocenters. The number of benzene rings is 1. The summed E-state index contributed by atoms with van der Waals surface area (Å²) in [6, 6.07) is 5.73. The first-order valence-electron chi connectivity index (χ1n) is 7.95. The molecular weight excluding hydrogens is 312 g/mol. The van der Waals surface area contributed by atoms with E-state index in [2.05, 4.69) is 10.6 Å². The second kappa shape index (κ2) is 7.90. The molecule has 0 fully saturated rings. The van der Waals surface area contributed by atoms with Crippen molar-refractivity contribution in [3.05, 3.63) is 23.8 Å². The molecule has 0 saturated carbocycles. The summed E-state index contributed by atoms with van der Waals surface area (Å²) in [5, 5.41) is 5.17. The van der Waals surface area contributed by atoms with Crippen molar-refractivity contribution in [3.8, 4) is 11.5 Å². The maximum Gasteiger partial charge on any atom is 0.408 e. The van der Waals surface area contributed by atoms with Crippen molar-refractivity contribution in [2.75, 3.05) is 26.3 Å². The third-order valence-electron chi connectivity index (χ3n) is 3.13. The summed E-state index contributed by atoms with van der Waals surface area (Å²) in [5.41, 5.74) is 0.457. The molecule has 132 valence electrons. The molecule has 7 heteroatoms. The molecule has 0 spiro atoms. The number of rotatable bonds is 5. The van der Waals surface area contributed by atoms with Crippen LogP contribution in [-0.4, -0.2) is 43.9 Å². The van der Waals surface area contributed by atoms with Crippen LogP contribution in [0.4, 0.5) is 4.79 Å². The molecule has 0 bridgehead atoms. The molecular formula is C17H24N2O5. The predicted octanol–water partition coefficient (Wildman–Crippen LogP) is 1.64. The van der Waals surface area contributed by atoms with Gasteiger partial charge in [-0.25, -0.2) is 4.79 Å². The van der Waals surface area contributed by atoms with Gasteiger partial charge in [0.05, 0.1) is 6.54 Å². The summed E-state index contributed by atoms with van der Waals surface area (Å²) in [6.07, 6.45) is 0.0546. The van der Waals surface area contributed by atoms with Crippen molar-refractivity contribution in [2.24, 2.45) is 0 Å². The molecule has 7 nitrogen and oxygen atoms in total. The summed E-state index contributed by atoms with van der Waals surface area (Å²) in [6.45, 7) is 6.75. The Kier molecular flexibility index (Phi) is 5.89. The van der Waals surface area contributed by atoms with Gasteiger partial charge in [-0.15, -0.1) is 0 Å². The number of carbonyl (C=O) groups is 2. The van der Waals surface area contributed by atoms with Gasteiger partial charge in [0, 0.05) is 6.54 Å². The Balaban J connectivity index is 1.68. The van der Waals surface area contributed by atoms with Crippen LogP contribution in [0.2, 0.25) is 0 Å². The van der Waals surface area contributed by atoms with Gasteiger partial charge in [0.2, 0.25) is 5.91 Å². The van der Waals surface area contributed by atoms with Gasteiger partial charge in [-0.1, -0.05) is 6.07 Å². The minimum atomic E-state index is -0.607. The second-order valence-corrected chi connectivity index (χ2v) is 6.43. The molecule has 1 heterocycles. The summed E-state index contributed by atoms with van der Waals surface area (Å²) in [7, 11) is 0. The number of hydrogen-bond acceptors (Lipinski definition) is 5. The fourth-order valence-electron chi connectivity index (χ4n) is 2.12. The van der Waals surface area contributed by atoms with Gasteiger partial charge < -0.3 is 24.8 Å². The highest BCUT2D eigenvalue weighted by Gasteiger charge is 2.16. The highest BCUT2D eigenvalue weighted by molar-refractivity contribution is 5.82. The van der Waals surface area contributed by atoms with Crippen LogP contribution in [0, 0.1) is 0 Å². The average Bonchev–Trinajstić information content (AvgIpc) is 2.51. The van der Waals surface area contributed by atoms with E-state index in [1.54, 1.807) is 20.8 Å². The molecule has 0 saturated heterocycles. The quantitative estimate of drug-likeness (QED) is 0.854. The van der Waals surface area contributed by atoms with Gasteiger partial charge in [-0.05, 0) is 44.9 Å². The van der Waals surface area contributed by atoms with Crippen LogP contribution >= 0.6 is 0 Å². The molecule has 2 amide bonds. The summed E-state index contributed by atoms with van der Waals surface area (Å²) in [5.74, 6) is 1.21. The van der Waals surface area contributed by atoms with Gasteiger partial charge >= 0.3 is 6.09 Å². The smallest absolute Gasteiger partial charge is 0.408 e. The number of carbonyl (C=O) groups excluding carboxylic acids is 2. The Bertz CT molecular complexity index is 595. The van der Waals surface area contributed by atoms with Crippen LogP contribution in [0.5, 0.6) is 11.5 Å². The van der Waals surface area contributed by atoms with E-state index in [1.807, 2.05) is 18.2 Å². The largest absolute Gasteiger partial charge is 0.486 e. The van der Waals surface area contributed by atoms with E-state index in [-0.39, 0.29) is 12.5 Å². The molecule has 2 N–H and O–H groups in total. The Labute approximate surface area is 141 Å².